The summed E-state index contributed by atoms with van der Waals surface area (Å²) in [6.45, 7) is 5.81. The molecular weight excluding hydrogens is 274 g/mol. The smallest absolute Gasteiger partial charge is 0.0276 e. The minimum atomic E-state index is 0.415. The van der Waals surface area contributed by atoms with Gasteiger partial charge in [-0.25, -0.2) is 0 Å². The van der Waals surface area contributed by atoms with E-state index in [2.05, 4.69) is 55.8 Å². The molecule has 0 radical (unpaired) electrons. The number of hydrogen-bond donors (Lipinski definition) is 1. The standard InChI is InChI=1S/C19H31NS/c1-4-19(5-2,21-3)15-20-18-14-10-9-13-17(18)16-11-7-6-8-12-16/h6-8,11-12,17-18,20H,4-5,9-10,13-15H2,1-3H3. The SMILES string of the molecule is CCC(CC)(CNC1CCCCC1c1ccccc1)SC. The molecule has 1 aromatic rings. The van der Waals surface area contributed by atoms with Crippen molar-refractivity contribution in [3.63, 3.8) is 0 Å². The predicted octanol–water partition coefficient (Wildman–Crippen LogP) is 5.22. The van der Waals surface area contributed by atoms with Crippen LogP contribution < -0.4 is 5.32 Å². The molecule has 1 aromatic carbocycles. The Labute approximate surface area is 135 Å². The van der Waals surface area contributed by atoms with Crippen LogP contribution in [0.2, 0.25) is 0 Å². The van der Waals surface area contributed by atoms with Crippen LogP contribution in [0.5, 0.6) is 0 Å². The van der Waals surface area contributed by atoms with E-state index in [-0.39, 0.29) is 0 Å². The highest BCUT2D eigenvalue weighted by Gasteiger charge is 2.30. The van der Waals surface area contributed by atoms with Gasteiger partial charge in [0.25, 0.3) is 0 Å². The number of benzene rings is 1. The van der Waals surface area contributed by atoms with Crippen LogP contribution in [0.1, 0.15) is 63.9 Å². The molecule has 1 aliphatic carbocycles. The molecule has 0 amide bonds. The molecule has 0 aromatic heterocycles. The maximum Gasteiger partial charge on any atom is 0.0276 e. The fourth-order valence-electron chi connectivity index (χ4n) is 3.65. The minimum Gasteiger partial charge on any atom is -0.312 e. The molecule has 0 heterocycles. The molecule has 1 fully saturated rings. The Kier molecular flexibility index (Phi) is 6.63. The Hall–Kier alpha value is -0.470. The van der Waals surface area contributed by atoms with Gasteiger partial charge in [0.05, 0.1) is 0 Å². The molecule has 2 unspecified atom stereocenters. The van der Waals surface area contributed by atoms with Crippen LogP contribution in [0.4, 0.5) is 0 Å². The maximum atomic E-state index is 3.94. The molecular formula is C19H31NS. The van der Waals surface area contributed by atoms with Crippen molar-refractivity contribution in [3.05, 3.63) is 35.9 Å². The largest absolute Gasteiger partial charge is 0.312 e. The van der Waals surface area contributed by atoms with Gasteiger partial charge in [-0.1, -0.05) is 57.0 Å². The van der Waals surface area contributed by atoms with Gasteiger partial charge < -0.3 is 5.32 Å². The third kappa shape index (κ3) is 4.26. The van der Waals surface area contributed by atoms with E-state index < -0.39 is 0 Å². The molecule has 0 aliphatic heterocycles. The van der Waals surface area contributed by atoms with Crippen LogP contribution in [0.15, 0.2) is 30.3 Å². The zero-order chi connectivity index (χ0) is 15.1. The van der Waals surface area contributed by atoms with Crippen LogP contribution >= 0.6 is 11.8 Å². The van der Waals surface area contributed by atoms with Gasteiger partial charge in [-0.2, -0.15) is 11.8 Å². The first-order valence-corrected chi connectivity index (χ1v) is 9.80. The molecule has 2 rings (SSSR count). The van der Waals surface area contributed by atoms with E-state index in [9.17, 15) is 0 Å². The highest BCUT2D eigenvalue weighted by Crippen LogP contribution is 2.35. The van der Waals surface area contributed by atoms with Gasteiger partial charge in [-0.15, -0.1) is 0 Å². The second kappa shape index (κ2) is 8.24. The number of rotatable bonds is 7. The van der Waals surface area contributed by atoms with Crippen molar-refractivity contribution in [1.29, 1.82) is 0 Å². The first kappa shape index (κ1) is 16.9. The van der Waals surface area contributed by atoms with Crippen LogP contribution in [-0.4, -0.2) is 23.6 Å². The fourth-order valence-corrected chi connectivity index (χ4v) is 4.46. The number of thioether (sulfide) groups is 1. The van der Waals surface area contributed by atoms with Crippen LogP contribution in [0, 0.1) is 0 Å². The molecule has 0 spiro atoms. The normalized spacial score (nSPS) is 23.2. The Balaban J connectivity index is 2.03. The zero-order valence-electron chi connectivity index (χ0n) is 13.9. The summed E-state index contributed by atoms with van der Waals surface area (Å²) in [5.41, 5.74) is 1.53. The van der Waals surface area contributed by atoms with Crippen molar-refractivity contribution in [3.8, 4) is 0 Å². The summed E-state index contributed by atoms with van der Waals surface area (Å²) >= 11 is 2.04. The van der Waals surface area contributed by atoms with Crippen molar-refractivity contribution in [2.75, 3.05) is 12.8 Å². The molecule has 21 heavy (non-hydrogen) atoms. The van der Waals surface area contributed by atoms with E-state index in [1.165, 1.54) is 44.1 Å². The highest BCUT2D eigenvalue weighted by molar-refractivity contribution is 8.00. The Morgan fingerprint density at radius 2 is 1.76 bits per heavy atom. The fraction of sp³-hybridized carbons (Fsp3) is 0.684. The van der Waals surface area contributed by atoms with Gasteiger partial charge in [-0.3, -0.25) is 0 Å². The molecule has 118 valence electrons. The lowest BCUT2D eigenvalue weighted by atomic mass is 9.79. The van der Waals surface area contributed by atoms with Crippen LogP contribution in [0.3, 0.4) is 0 Å². The Morgan fingerprint density at radius 1 is 1.10 bits per heavy atom. The van der Waals surface area contributed by atoms with Crippen molar-refractivity contribution in [1.82, 2.24) is 5.32 Å². The first-order chi connectivity index (χ1) is 10.2. The van der Waals surface area contributed by atoms with E-state index in [0.717, 1.165) is 6.54 Å². The monoisotopic (exact) mass is 305 g/mol. The third-order valence-corrected chi connectivity index (χ3v) is 6.99. The van der Waals surface area contributed by atoms with Crippen molar-refractivity contribution < 1.29 is 0 Å². The summed E-state index contributed by atoms with van der Waals surface area (Å²) in [7, 11) is 0. The Morgan fingerprint density at radius 3 is 2.38 bits per heavy atom. The van der Waals surface area contributed by atoms with E-state index in [1.807, 2.05) is 11.8 Å². The average Bonchev–Trinajstić information content (AvgIpc) is 2.58. The van der Waals surface area contributed by atoms with E-state index in [1.54, 1.807) is 0 Å². The lowest BCUT2D eigenvalue weighted by molar-refractivity contribution is 0.313. The van der Waals surface area contributed by atoms with Crippen LogP contribution in [-0.2, 0) is 0 Å². The summed E-state index contributed by atoms with van der Waals surface area (Å²) < 4.78 is 0.415. The molecule has 1 nitrogen and oxygen atoms in total. The van der Waals surface area contributed by atoms with Gasteiger partial charge in [0, 0.05) is 17.3 Å². The summed E-state index contributed by atoms with van der Waals surface area (Å²) in [6.07, 6.45) is 10.2. The topological polar surface area (TPSA) is 12.0 Å². The van der Waals surface area contributed by atoms with Gasteiger partial charge in [0.1, 0.15) is 0 Å². The molecule has 0 bridgehead atoms. The predicted molar refractivity (Wildman–Crippen MR) is 96.3 cm³/mol. The van der Waals surface area contributed by atoms with Gasteiger partial charge >= 0.3 is 0 Å². The van der Waals surface area contributed by atoms with E-state index >= 15 is 0 Å². The van der Waals surface area contributed by atoms with Gasteiger partial charge in [0.15, 0.2) is 0 Å². The van der Waals surface area contributed by atoms with E-state index in [4.69, 9.17) is 0 Å². The number of hydrogen-bond acceptors (Lipinski definition) is 2. The maximum absolute atomic E-state index is 3.94. The molecule has 1 aliphatic rings. The Bertz CT molecular complexity index is 391. The summed E-state index contributed by atoms with van der Waals surface area (Å²) in [6, 6.07) is 11.8. The minimum absolute atomic E-state index is 0.415. The molecule has 2 heteroatoms. The quantitative estimate of drug-likeness (QED) is 0.741. The van der Waals surface area contributed by atoms with Crippen molar-refractivity contribution in [2.24, 2.45) is 0 Å². The molecule has 2 atom stereocenters. The lowest BCUT2D eigenvalue weighted by Gasteiger charge is -2.37. The van der Waals surface area contributed by atoms with Gasteiger partial charge in [-0.05, 0) is 43.4 Å². The third-order valence-electron chi connectivity index (χ3n) is 5.40. The number of nitrogens with one attached hydrogen (secondary N) is 1. The molecule has 1 saturated carbocycles. The van der Waals surface area contributed by atoms with Crippen molar-refractivity contribution >= 4 is 11.8 Å². The first-order valence-electron chi connectivity index (χ1n) is 8.58. The molecule has 0 saturated heterocycles. The molecule has 1 N–H and O–H groups in total. The second-order valence-corrected chi connectivity index (χ2v) is 7.66. The summed E-state index contributed by atoms with van der Waals surface area (Å²) in [5, 5.41) is 3.94. The lowest BCUT2D eigenvalue weighted by Crippen LogP contribution is -2.45. The summed E-state index contributed by atoms with van der Waals surface area (Å²) in [5.74, 6) is 0.702. The second-order valence-electron chi connectivity index (χ2n) is 6.38. The van der Waals surface area contributed by atoms with Gasteiger partial charge in [0.2, 0.25) is 0 Å². The van der Waals surface area contributed by atoms with E-state index in [0.29, 0.717) is 16.7 Å². The highest BCUT2D eigenvalue weighted by atomic mass is 32.2. The zero-order valence-corrected chi connectivity index (χ0v) is 14.7. The average molecular weight is 306 g/mol. The van der Waals surface area contributed by atoms with Crippen LogP contribution in [0.25, 0.3) is 0 Å². The summed E-state index contributed by atoms with van der Waals surface area (Å²) in [4.78, 5) is 0. The van der Waals surface area contributed by atoms with Crippen molar-refractivity contribution in [2.45, 2.75) is 69.1 Å².